The van der Waals surface area contributed by atoms with E-state index in [1.165, 1.54) is 11.1 Å². The van der Waals surface area contributed by atoms with Crippen LogP contribution < -0.4 is 5.32 Å². The number of hydrogen-bond acceptors (Lipinski definition) is 5. The fourth-order valence-corrected chi connectivity index (χ4v) is 2.22. The highest BCUT2D eigenvalue weighted by atomic mass is 16.5. The number of carbonyl (C=O) groups is 2. The Morgan fingerprint density at radius 1 is 1.50 bits per heavy atom. The van der Waals surface area contributed by atoms with Gasteiger partial charge in [0.2, 0.25) is 5.91 Å². The summed E-state index contributed by atoms with van der Waals surface area (Å²) in [5.41, 5.74) is 1.54. The molecular weight excluding hydrogens is 260 g/mol. The minimum atomic E-state index is -0.197. The van der Waals surface area contributed by atoms with E-state index in [9.17, 15) is 9.59 Å². The van der Waals surface area contributed by atoms with Crippen molar-refractivity contribution in [3.63, 3.8) is 0 Å². The van der Waals surface area contributed by atoms with Crippen LogP contribution in [-0.2, 0) is 4.79 Å². The highest BCUT2D eigenvalue weighted by Gasteiger charge is 2.22. The molecule has 0 aromatic carbocycles. The Bertz CT molecular complexity index is 679. The van der Waals surface area contributed by atoms with Gasteiger partial charge in [0.15, 0.2) is 0 Å². The SMILES string of the molecule is Cc1noc2ncc(C(=O)N3CCCNC(=O)C3)cc12. The molecule has 0 spiro atoms. The Balaban J connectivity index is 1.90. The quantitative estimate of drug-likeness (QED) is 0.817. The topological polar surface area (TPSA) is 88.3 Å². The molecule has 7 nitrogen and oxygen atoms in total. The van der Waals surface area contributed by atoms with Crippen molar-refractivity contribution < 1.29 is 14.1 Å². The molecule has 2 aromatic rings. The lowest BCUT2D eigenvalue weighted by Gasteiger charge is -2.18. The van der Waals surface area contributed by atoms with Crippen molar-refractivity contribution >= 4 is 22.9 Å². The predicted molar refractivity (Wildman–Crippen MR) is 70.1 cm³/mol. The summed E-state index contributed by atoms with van der Waals surface area (Å²) >= 11 is 0. The molecule has 0 bridgehead atoms. The van der Waals surface area contributed by atoms with Crippen LogP contribution in [0.5, 0.6) is 0 Å². The summed E-state index contributed by atoms with van der Waals surface area (Å²) < 4.78 is 5.02. The van der Waals surface area contributed by atoms with Gasteiger partial charge in [-0.05, 0) is 19.4 Å². The van der Waals surface area contributed by atoms with E-state index < -0.39 is 0 Å². The zero-order chi connectivity index (χ0) is 14.1. The van der Waals surface area contributed by atoms with E-state index in [2.05, 4.69) is 15.5 Å². The van der Waals surface area contributed by atoms with Gasteiger partial charge in [0.05, 0.1) is 23.2 Å². The van der Waals surface area contributed by atoms with Gasteiger partial charge >= 0.3 is 0 Å². The Labute approximate surface area is 114 Å². The number of aromatic nitrogens is 2. The molecule has 2 aromatic heterocycles. The molecule has 1 fully saturated rings. The predicted octanol–water partition coefficient (Wildman–Crippen LogP) is 0.493. The summed E-state index contributed by atoms with van der Waals surface area (Å²) in [6.07, 6.45) is 2.21. The fraction of sp³-hybridized carbons (Fsp3) is 0.385. The van der Waals surface area contributed by atoms with Crippen LogP contribution in [0, 0.1) is 6.92 Å². The van der Waals surface area contributed by atoms with Gasteiger partial charge in [-0.3, -0.25) is 9.59 Å². The van der Waals surface area contributed by atoms with Crippen LogP contribution in [0.1, 0.15) is 22.5 Å². The summed E-state index contributed by atoms with van der Waals surface area (Å²) in [5.74, 6) is -0.330. The Hall–Kier alpha value is -2.44. The molecule has 1 aliphatic rings. The van der Waals surface area contributed by atoms with Crippen LogP contribution in [0.25, 0.3) is 11.1 Å². The third kappa shape index (κ3) is 2.22. The minimum absolute atomic E-state index is 0.0828. The number of nitrogens with zero attached hydrogens (tertiary/aromatic N) is 3. The molecule has 20 heavy (non-hydrogen) atoms. The molecule has 0 atom stereocenters. The average molecular weight is 274 g/mol. The summed E-state index contributed by atoms with van der Waals surface area (Å²) in [5, 5.41) is 7.27. The standard InChI is InChI=1S/C13H14N4O3/c1-8-10-5-9(6-15-12(10)20-16-8)13(19)17-4-2-3-14-11(18)7-17/h5-6H,2-4,7H2,1H3,(H,14,18). The first-order valence-corrected chi connectivity index (χ1v) is 6.43. The zero-order valence-electron chi connectivity index (χ0n) is 11.0. The van der Waals surface area contributed by atoms with E-state index in [1.807, 2.05) is 0 Å². The van der Waals surface area contributed by atoms with Crippen molar-refractivity contribution in [3.8, 4) is 0 Å². The molecule has 104 valence electrons. The van der Waals surface area contributed by atoms with Crippen LogP contribution in [0.3, 0.4) is 0 Å². The number of pyridine rings is 1. The molecule has 2 amide bonds. The monoisotopic (exact) mass is 274 g/mol. The van der Waals surface area contributed by atoms with Crippen molar-refractivity contribution in [2.75, 3.05) is 19.6 Å². The van der Waals surface area contributed by atoms with Gasteiger partial charge in [-0.25, -0.2) is 4.98 Å². The van der Waals surface area contributed by atoms with Gasteiger partial charge < -0.3 is 14.7 Å². The summed E-state index contributed by atoms with van der Waals surface area (Å²) in [7, 11) is 0. The average Bonchev–Trinajstić information content (AvgIpc) is 2.68. The molecule has 1 aliphatic heterocycles. The van der Waals surface area contributed by atoms with Crippen molar-refractivity contribution in [1.82, 2.24) is 20.4 Å². The molecule has 0 unspecified atom stereocenters. The largest absolute Gasteiger partial charge is 0.354 e. The maximum atomic E-state index is 12.4. The highest BCUT2D eigenvalue weighted by Crippen LogP contribution is 2.18. The molecule has 0 radical (unpaired) electrons. The van der Waals surface area contributed by atoms with Gasteiger partial charge in [0.25, 0.3) is 11.6 Å². The summed E-state index contributed by atoms with van der Waals surface area (Å²) in [6.45, 7) is 3.03. The van der Waals surface area contributed by atoms with E-state index in [-0.39, 0.29) is 18.4 Å². The minimum Gasteiger partial charge on any atom is -0.354 e. The maximum absolute atomic E-state index is 12.4. The Kier molecular flexibility index (Phi) is 3.09. The first-order valence-electron chi connectivity index (χ1n) is 6.43. The second-order valence-corrected chi connectivity index (χ2v) is 4.77. The molecule has 0 aliphatic carbocycles. The molecule has 7 heteroatoms. The summed E-state index contributed by atoms with van der Waals surface area (Å²) in [6, 6.07) is 1.71. The van der Waals surface area contributed by atoms with Crippen molar-refractivity contribution in [1.29, 1.82) is 0 Å². The third-order valence-electron chi connectivity index (χ3n) is 3.31. The van der Waals surface area contributed by atoms with Crippen LogP contribution in [-0.4, -0.2) is 46.5 Å². The molecular formula is C13H14N4O3. The number of nitrogens with one attached hydrogen (secondary N) is 1. The number of rotatable bonds is 1. The van der Waals surface area contributed by atoms with Crippen molar-refractivity contribution in [2.24, 2.45) is 0 Å². The van der Waals surface area contributed by atoms with E-state index >= 15 is 0 Å². The lowest BCUT2D eigenvalue weighted by Crippen LogP contribution is -2.37. The number of hydrogen-bond donors (Lipinski definition) is 1. The van der Waals surface area contributed by atoms with E-state index in [1.54, 1.807) is 13.0 Å². The number of aryl methyl sites for hydroxylation is 1. The normalized spacial score (nSPS) is 16.1. The first-order chi connectivity index (χ1) is 9.65. The summed E-state index contributed by atoms with van der Waals surface area (Å²) in [4.78, 5) is 29.6. The molecule has 3 rings (SSSR count). The maximum Gasteiger partial charge on any atom is 0.257 e. The van der Waals surface area contributed by atoms with E-state index in [0.29, 0.717) is 30.1 Å². The first kappa shape index (κ1) is 12.6. The molecule has 1 N–H and O–H groups in total. The number of carbonyl (C=O) groups excluding carboxylic acids is 2. The van der Waals surface area contributed by atoms with Crippen LogP contribution in [0.2, 0.25) is 0 Å². The van der Waals surface area contributed by atoms with Crippen LogP contribution in [0.15, 0.2) is 16.8 Å². The smallest absolute Gasteiger partial charge is 0.257 e. The third-order valence-corrected chi connectivity index (χ3v) is 3.31. The van der Waals surface area contributed by atoms with Gasteiger partial charge in [-0.1, -0.05) is 5.16 Å². The number of fused-ring (bicyclic) bond motifs is 1. The van der Waals surface area contributed by atoms with E-state index in [0.717, 1.165) is 11.8 Å². The molecule has 3 heterocycles. The second kappa shape index (κ2) is 4.92. The molecule has 1 saturated heterocycles. The van der Waals surface area contributed by atoms with E-state index in [4.69, 9.17) is 4.52 Å². The van der Waals surface area contributed by atoms with Gasteiger partial charge in [0.1, 0.15) is 0 Å². The van der Waals surface area contributed by atoms with Crippen LogP contribution in [0.4, 0.5) is 0 Å². The van der Waals surface area contributed by atoms with Gasteiger partial charge in [-0.15, -0.1) is 0 Å². The van der Waals surface area contributed by atoms with Crippen molar-refractivity contribution in [3.05, 3.63) is 23.5 Å². The van der Waals surface area contributed by atoms with Gasteiger partial charge in [0, 0.05) is 19.3 Å². The van der Waals surface area contributed by atoms with Crippen LogP contribution >= 0.6 is 0 Å². The fourth-order valence-electron chi connectivity index (χ4n) is 2.22. The Morgan fingerprint density at radius 3 is 3.20 bits per heavy atom. The molecule has 0 saturated carbocycles. The van der Waals surface area contributed by atoms with Gasteiger partial charge in [-0.2, -0.15) is 0 Å². The highest BCUT2D eigenvalue weighted by molar-refractivity contribution is 5.98. The second-order valence-electron chi connectivity index (χ2n) is 4.77. The van der Waals surface area contributed by atoms with Crippen molar-refractivity contribution in [2.45, 2.75) is 13.3 Å². The zero-order valence-corrected chi connectivity index (χ0v) is 11.0. The number of amides is 2. The lowest BCUT2D eigenvalue weighted by molar-refractivity contribution is -0.121. The lowest BCUT2D eigenvalue weighted by atomic mass is 10.2. The Morgan fingerprint density at radius 2 is 2.35 bits per heavy atom.